The highest BCUT2D eigenvalue weighted by Gasteiger charge is 2.24. The standard InChI is InChI=1S/C12H14ClN2S/c1-8(2)11-12(14)15-7-16(11)10-5-3-9(13)4-6-10/h3-8H,14H2,1-2H3/q+1. The highest BCUT2D eigenvalue weighted by molar-refractivity contribution is 7.38. The summed E-state index contributed by atoms with van der Waals surface area (Å²) < 4.78 is 0. The van der Waals surface area contributed by atoms with E-state index in [2.05, 4.69) is 18.8 Å². The second-order valence-corrected chi connectivity index (χ2v) is 6.16. The summed E-state index contributed by atoms with van der Waals surface area (Å²) in [6.45, 7) is 4.29. The minimum atomic E-state index is -0.0926. The molecule has 0 aliphatic rings. The predicted molar refractivity (Wildman–Crippen MR) is 71.6 cm³/mol. The number of thiazole rings is 1. The topological polar surface area (TPSA) is 38.9 Å². The molecule has 0 bridgehead atoms. The Balaban J connectivity index is 2.52. The molecule has 84 valence electrons. The van der Waals surface area contributed by atoms with E-state index in [1.807, 2.05) is 29.8 Å². The number of nitrogens with two attached hydrogens (primary N) is 1. The van der Waals surface area contributed by atoms with E-state index in [1.165, 1.54) is 9.77 Å². The van der Waals surface area contributed by atoms with Crippen molar-refractivity contribution < 1.29 is 0 Å². The molecule has 2 nitrogen and oxygen atoms in total. The largest absolute Gasteiger partial charge is 0.379 e. The van der Waals surface area contributed by atoms with Crippen molar-refractivity contribution in [1.29, 1.82) is 0 Å². The molecule has 1 aromatic carbocycles. The Labute approximate surface area is 103 Å². The second-order valence-electron chi connectivity index (χ2n) is 3.93. The van der Waals surface area contributed by atoms with Crippen molar-refractivity contribution in [2.75, 3.05) is 5.73 Å². The Kier molecular flexibility index (Phi) is 3.17. The number of hydrogen-bond donors (Lipinski definition) is 1. The van der Waals surface area contributed by atoms with Gasteiger partial charge in [-0.15, -0.1) is 0 Å². The summed E-state index contributed by atoms with van der Waals surface area (Å²) in [6.07, 6.45) is 0. The molecule has 0 radical (unpaired) electrons. The first-order chi connectivity index (χ1) is 7.59. The van der Waals surface area contributed by atoms with Crippen LogP contribution in [0.4, 0.5) is 5.82 Å². The molecule has 0 saturated heterocycles. The molecule has 0 spiro atoms. The molecule has 1 aromatic heterocycles. The van der Waals surface area contributed by atoms with Crippen molar-refractivity contribution in [2.24, 2.45) is 0 Å². The fourth-order valence-corrected chi connectivity index (χ4v) is 3.71. The summed E-state index contributed by atoms with van der Waals surface area (Å²) in [4.78, 5) is 6.67. The zero-order valence-corrected chi connectivity index (χ0v) is 10.8. The van der Waals surface area contributed by atoms with E-state index in [-0.39, 0.29) is 10.5 Å². The van der Waals surface area contributed by atoms with Gasteiger partial charge in [0, 0.05) is 21.4 Å². The summed E-state index contributed by atoms with van der Waals surface area (Å²) in [7, 11) is -0.0926. The van der Waals surface area contributed by atoms with E-state index >= 15 is 0 Å². The Morgan fingerprint density at radius 2 is 1.88 bits per heavy atom. The number of nitrogens with zero attached hydrogens (tertiary/aromatic N) is 1. The molecule has 0 aliphatic heterocycles. The van der Waals surface area contributed by atoms with Crippen molar-refractivity contribution in [3.05, 3.63) is 39.7 Å². The van der Waals surface area contributed by atoms with E-state index in [0.717, 1.165) is 5.02 Å². The van der Waals surface area contributed by atoms with Crippen molar-refractivity contribution >= 4 is 27.9 Å². The highest BCUT2D eigenvalue weighted by atomic mass is 35.5. The summed E-state index contributed by atoms with van der Waals surface area (Å²) >= 11 is 5.88. The average molecular weight is 254 g/mol. The third-order valence-corrected chi connectivity index (χ3v) is 4.88. The Morgan fingerprint density at radius 1 is 1.25 bits per heavy atom. The van der Waals surface area contributed by atoms with Crippen LogP contribution in [-0.4, -0.2) is 4.98 Å². The monoisotopic (exact) mass is 253 g/mol. The Bertz CT molecular complexity index is 488. The van der Waals surface area contributed by atoms with Gasteiger partial charge in [-0.3, -0.25) is 0 Å². The van der Waals surface area contributed by atoms with E-state index in [4.69, 9.17) is 17.3 Å². The van der Waals surface area contributed by atoms with Crippen LogP contribution in [0.3, 0.4) is 0 Å². The summed E-state index contributed by atoms with van der Waals surface area (Å²) in [5.74, 6) is 1.09. The Hall–Kier alpha value is -1.06. The second kappa shape index (κ2) is 4.44. The molecule has 0 amide bonds. The number of halogens is 1. The van der Waals surface area contributed by atoms with Crippen molar-refractivity contribution in [1.82, 2.24) is 4.98 Å². The molecule has 4 heteroatoms. The molecule has 2 rings (SSSR count). The van der Waals surface area contributed by atoms with Gasteiger partial charge in [0.05, 0.1) is 0 Å². The van der Waals surface area contributed by atoms with Crippen LogP contribution in [0, 0.1) is 0 Å². The van der Waals surface area contributed by atoms with E-state index in [9.17, 15) is 0 Å². The number of hydrogen-bond acceptors (Lipinski definition) is 2. The van der Waals surface area contributed by atoms with Gasteiger partial charge < -0.3 is 5.73 Å². The number of benzene rings is 1. The molecule has 1 atom stereocenters. The number of aromatic nitrogens is 1. The first kappa shape index (κ1) is 11.4. The zero-order valence-electron chi connectivity index (χ0n) is 9.27. The minimum Gasteiger partial charge on any atom is -0.379 e. The third-order valence-electron chi connectivity index (χ3n) is 2.38. The van der Waals surface area contributed by atoms with Crippen molar-refractivity contribution in [3.63, 3.8) is 0 Å². The van der Waals surface area contributed by atoms with Gasteiger partial charge in [-0.25, -0.2) is 0 Å². The van der Waals surface area contributed by atoms with Crippen molar-refractivity contribution in [3.8, 4) is 4.90 Å². The predicted octanol–water partition coefficient (Wildman–Crippen LogP) is 4.18. The normalized spacial score (nSPS) is 12.1. The van der Waals surface area contributed by atoms with Crippen LogP contribution >= 0.6 is 22.1 Å². The summed E-state index contributed by atoms with van der Waals surface area (Å²) in [5, 5.41) is 0.756. The van der Waals surface area contributed by atoms with Crippen LogP contribution in [0.15, 0.2) is 29.8 Å². The van der Waals surface area contributed by atoms with Gasteiger partial charge in [-0.2, -0.15) is 4.98 Å². The summed E-state index contributed by atoms with van der Waals surface area (Å²) in [5.41, 5.74) is 7.84. The lowest BCUT2D eigenvalue weighted by Gasteiger charge is -1.99. The number of nitrogen functional groups attached to an aromatic ring is 1. The van der Waals surface area contributed by atoms with Crippen LogP contribution in [0.2, 0.25) is 5.02 Å². The maximum atomic E-state index is 5.90. The smallest absolute Gasteiger partial charge is 0.237 e. The van der Waals surface area contributed by atoms with Crippen LogP contribution in [0.1, 0.15) is 24.6 Å². The lowest BCUT2D eigenvalue weighted by atomic mass is 10.2. The fraction of sp³-hybridized carbons (Fsp3) is 0.250. The first-order valence-corrected chi connectivity index (χ1v) is 6.78. The van der Waals surface area contributed by atoms with Gasteiger partial charge >= 0.3 is 0 Å². The molecule has 0 fully saturated rings. The van der Waals surface area contributed by atoms with Gasteiger partial charge in [0.1, 0.15) is 0 Å². The van der Waals surface area contributed by atoms with Gasteiger partial charge in [0.2, 0.25) is 10.4 Å². The first-order valence-electron chi connectivity index (χ1n) is 5.12. The average Bonchev–Trinajstić information content (AvgIpc) is 2.61. The van der Waals surface area contributed by atoms with Gasteiger partial charge in [-0.1, -0.05) is 25.4 Å². The van der Waals surface area contributed by atoms with E-state index in [1.54, 1.807) is 0 Å². The fourth-order valence-electron chi connectivity index (χ4n) is 1.66. The van der Waals surface area contributed by atoms with E-state index < -0.39 is 0 Å². The molecular formula is C12H14ClN2S+. The van der Waals surface area contributed by atoms with Crippen molar-refractivity contribution in [2.45, 2.75) is 19.8 Å². The molecule has 1 unspecified atom stereocenters. The lowest BCUT2D eigenvalue weighted by molar-refractivity contribution is 0.888. The lowest BCUT2D eigenvalue weighted by Crippen LogP contribution is -1.93. The maximum Gasteiger partial charge on any atom is 0.237 e. The maximum absolute atomic E-state index is 5.90. The SMILES string of the molecule is CC(C)c1c(N)nc[s+]1-c1ccc(Cl)cc1. The molecule has 2 aromatic rings. The van der Waals surface area contributed by atoms with Crippen LogP contribution < -0.4 is 5.73 Å². The zero-order chi connectivity index (χ0) is 11.7. The summed E-state index contributed by atoms with van der Waals surface area (Å²) in [6, 6.07) is 7.89. The number of rotatable bonds is 2. The number of anilines is 1. The third kappa shape index (κ3) is 2.06. The van der Waals surface area contributed by atoms with E-state index in [0.29, 0.717) is 11.7 Å². The van der Waals surface area contributed by atoms with Gasteiger partial charge in [0.25, 0.3) is 0 Å². The van der Waals surface area contributed by atoms with Crippen LogP contribution in [-0.2, 0) is 0 Å². The molecule has 0 saturated carbocycles. The molecule has 1 heterocycles. The van der Waals surface area contributed by atoms with Gasteiger partial charge in [-0.05, 0) is 24.3 Å². The molecule has 16 heavy (non-hydrogen) atoms. The minimum absolute atomic E-state index is 0.0926. The molecule has 0 aliphatic carbocycles. The molecular weight excluding hydrogens is 240 g/mol. The van der Waals surface area contributed by atoms with Crippen LogP contribution in [0.5, 0.6) is 0 Å². The quantitative estimate of drug-likeness (QED) is 0.816. The highest BCUT2D eigenvalue weighted by Crippen LogP contribution is 2.41. The Morgan fingerprint density at radius 3 is 2.44 bits per heavy atom. The molecule has 2 N–H and O–H groups in total. The van der Waals surface area contributed by atoms with Gasteiger partial charge in [0.15, 0.2) is 10.7 Å². The van der Waals surface area contributed by atoms with Crippen LogP contribution in [0.25, 0.3) is 4.90 Å².